The topological polar surface area (TPSA) is 38.8 Å². The van der Waals surface area contributed by atoms with Crippen molar-refractivity contribution in [3.63, 3.8) is 0 Å². The molecule has 2 aromatic rings. The summed E-state index contributed by atoms with van der Waals surface area (Å²) in [6, 6.07) is 8.38. The molecule has 0 unspecified atom stereocenters. The van der Waals surface area contributed by atoms with E-state index in [-0.39, 0.29) is 24.2 Å². The lowest BCUT2D eigenvalue weighted by atomic mass is 10.1. The first kappa shape index (κ1) is 15.1. The first-order chi connectivity index (χ1) is 11.2. The number of ether oxygens (including phenoxy) is 2. The smallest absolute Gasteiger partial charge is 0.264 e. The van der Waals surface area contributed by atoms with Gasteiger partial charge in [-0.2, -0.15) is 0 Å². The molecule has 1 amide bonds. The Kier molecular flexibility index (Phi) is 3.87. The van der Waals surface area contributed by atoms with E-state index in [1.807, 2.05) is 17.0 Å². The van der Waals surface area contributed by atoms with Crippen molar-refractivity contribution in [3.05, 3.63) is 34.7 Å². The van der Waals surface area contributed by atoms with Crippen molar-refractivity contribution < 1.29 is 14.3 Å². The van der Waals surface area contributed by atoms with Crippen LogP contribution >= 0.6 is 11.3 Å². The molecule has 1 aliphatic carbocycles. The molecule has 4 rings (SSSR count). The van der Waals surface area contributed by atoms with Gasteiger partial charge in [0.15, 0.2) is 0 Å². The zero-order valence-corrected chi connectivity index (χ0v) is 14.3. The third-order valence-electron chi connectivity index (χ3n) is 5.14. The SMILES string of the molecule is CO[C@@H]1CC[C@H]2[C@H]1OCCN2C(=O)c1sc2ccccc2c1C. The second kappa shape index (κ2) is 5.89. The summed E-state index contributed by atoms with van der Waals surface area (Å²) in [4.78, 5) is 16.1. The van der Waals surface area contributed by atoms with Crippen molar-refractivity contribution in [1.82, 2.24) is 4.90 Å². The Hall–Kier alpha value is -1.43. The van der Waals surface area contributed by atoms with Crippen LogP contribution in [0, 0.1) is 6.92 Å². The second-order valence-electron chi connectivity index (χ2n) is 6.31. The molecule has 23 heavy (non-hydrogen) atoms. The van der Waals surface area contributed by atoms with Crippen LogP contribution in [0.5, 0.6) is 0 Å². The van der Waals surface area contributed by atoms with Crippen LogP contribution in [0.2, 0.25) is 0 Å². The molecular formula is C18H21NO3S. The number of aryl methyl sites for hydroxylation is 1. The number of rotatable bonds is 2. The maximum atomic E-state index is 13.2. The average Bonchev–Trinajstić information content (AvgIpc) is 3.15. The molecule has 1 saturated heterocycles. The highest BCUT2D eigenvalue weighted by Crippen LogP contribution is 2.36. The molecule has 0 bridgehead atoms. The summed E-state index contributed by atoms with van der Waals surface area (Å²) in [5.74, 6) is 0.152. The van der Waals surface area contributed by atoms with E-state index in [0.29, 0.717) is 13.2 Å². The van der Waals surface area contributed by atoms with E-state index in [1.165, 1.54) is 10.1 Å². The lowest BCUT2D eigenvalue weighted by Gasteiger charge is -2.38. The zero-order valence-electron chi connectivity index (χ0n) is 13.5. The quantitative estimate of drug-likeness (QED) is 0.848. The minimum atomic E-state index is 0.0207. The minimum absolute atomic E-state index is 0.0207. The molecule has 3 atom stereocenters. The fourth-order valence-electron chi connectivity index (χ4n) is 3.93. The Morgan fingerprint density at radius 3 is 2.96 bits per heavy atom. The number of carbonyl (C=O) groups excluding carboxylic acids is 1. The maximum Gasteiger partial charge on any atom is 0.264 e. The number of nitrogens with zero attached hydrogens (tertiary/aromatic N) is 1. The molecule has 1 aliphatic heterocycles. The van der Waals surface area contributed by atoms with Crippen molar-refractivity contribution in [3.8, 4) is 0 Å². The van der Waals surface area contributed by atoms with E-state index >= 15 is 0 Å². The molecule has 0 N–H and O–H groups in total. The third kappa shape index (κ3) is 2.38. The molecule has 1 aromatic heterocycles. The number of amides is 1. The number of methoxy groups -OCH3 is 1. The summed E-state index contributed by atoms with van der Waals surface area (Å²) in [6.45, 7) is 3.32. The zero-order chi connectivity index (χ0) is 16.0. The largest absolute Gasteiger partial charge is 0.379 e. The highest BCUT2D eigenvalue weighted by atomic mass is 32.1. The number of hydrogen-bond acceptors (Lipinski definition) is 4. The maximum absolute atomic E-state index is 13.2. The van der Waals surface area contributed by atoms with Crippen molar-refractivity contribution in [2.75, 3.05) is 20.3 Å². The van der Waals surface area contributed by atoms with Gasteiger partial charge in [0.25, 0.3) is 5.91 Å². The monoisotopic (exact) mass is 331 g/mol. The van der Waals surface area contributed by atoms with Gasteiger partial charge in [0.1, 0.15) is 6.10 Å². The first-order valence-electron chi connectivity index (χ1n) is 8.14. The van der Waals surface area contributed by atoms with Gasteiger partial charge in [0.05, 0.1) is 23.6 Å². The van der Waals surface area contributed by atoms with Crippen molar-refractivity contribution in [2.24, 2.45) is 0 Å². The molecule has 0 spiro atoms. The van der Waals surface area contributed by atoms with E-state index in [0.717, 1.165) is 23.3 Å². The highest BCUT2D eigenvalue weighted by Gasteiger charge is 2.45. The number of hydrogen-bond donors (Lipinski definition) is 0. The van der Waals surface area contributed by atoms with Crippen LogP contribution in [0.1, 0.15) is 28.1 Å². The fraction of sp³-hybridized carbons (Fsp3) is 0.500. The van der Waals surface area contributed by atoms with Crippen LogP contribution in [-0.2, 0) is 9.47 Å². The number of morpholine rings is 1. The molecule has 5 heteroatoms. The van der Waals surface area contributed by atoms with Crippen molar-refractivity contribution in [1.29, 1.82) is 0 Å². The molecule has 4 nitrogen and oxygen atoms in total. The van der Waals surface area contributed by atoms with Gasteiger partial charge in [-0.3, -0.25) is 4.79 Å². The van der Waals surface area contributed by atoms with Gasteiger partial charge in [-0.1, -0.05) is 18.2 Å². The third-order valence-corrected chi connectivity index (χ3v) is 6.40. The van der Waals surface area contributed by atoms with Crippen LogP contribution in [0.3, 0.4) is 0 Å². The second-order valence-corrected chi connectivity index (χ2v) is 7.36. The molecular weight excluding hydrogens is 310 g/mol. The van der Waals surface area contributed by atoms with E-state index in [9.17, 15) is 4.79 Å². The van der Waals surface area contributed by atoms with Gasteiger partial charge in [-0.05, 0) is 36.8 Å². The average molecular weight is 331 g/mol. The van der Waals surface area contributed by atoms with Crippen molar-refractivity contribution in [2.45, 2.75) is 38.0 Å². The van der Waals surface area contributed by atoms with Crippen LogP contribution in [-0.4, -0.2) is 49.3 Å². The molecule has 0 radical (unpaired) electrons. The normalized spacial score (nSPS) is 27.4. The van der Waals surface area contributed by atoms with Crippen LogP contribution in [0.4, 0.5) is 0 Å². The van der Waals surface area contributed by atoms with Gasteiger partial charge in [-0.15, -0.1) is 11.3 Å². The molecule has 1 aromatic carbocycles. The predicted octanol–water partition coefficient (Wildman–Crippen LogP) is 3.23. The molecule has 1 saturated carbocycles. The van der Waals surface area contributed by atoms with Gasteiger partial charge in [0.2, 0.25) is 0 Å². The first-order valence-corrected chi connectivity index (χ1v) is 8.96. The number of carbonyl (C=O) groups is 1. The van der Waals surface area contributed by atoms with Crippen LogP contribution in [0.15, 0.2) is 24.3 Å². The lowest BCUT2D eigenvalue weighted by Crippen LogP contribution is -2.53. The Morgan fingerprint density at radius 2 is 2.17 bits per heavy atom. The van der Waals surface area contributed by atoms with E-state index in [2.05, 4.69) is 19.1 Å². The predicted molar refractivity (Wildman–Crippen MR) is 91.2 cm³/mol. The standard InChI is InChI=1S/C18H21NO3S/c1-11-12-5-3-4-6-15(12)23-17(11)18(20)19-9-10-22-16-13(19)7-8-14(16)21-2/h3-6,13-14,16H,7-10H2,1-2H3/t13-,14+,16+/m0/s1. The van der Waals surface area contributed by atoms with Crippen LogP contribution in [0.25, 0.3) is 10.1 Å². The number of thiophene rings is 1. The highest BCUT2D eigenvalue weighted by molar-refractivity contribution is 7.21. The number of benzene rings is 1. The van der Waals surface area contributed by atoms with Gasteiger partial charge >= 0.3 is 0 Å². The van der Waals surface area contributed by atoms with E-state index < -0.39 is 0 Å². The summed E-state index contributed by atoms with van der Waals surface area (Å²) in [5, 5.41) is 1.19. The summed E-state index contributed by atoms with van der Waals surface area (Å²) < 4.78 is 12.6. The molecule has 2 aliphatic rings. The minimum Gasteiger partial charge on any atom is -0.379 e. The molecule has 2 fully saturated rings. The Balaban J connectivity index is 1.66. The lowest BCUT2D eigenvalue weighted by molar-refractivity contribution is -0.0946. The molecule has 2 heterocycles. The molecule has 122 valence electrons. The van der Waals surface area contributed by atoms with E-state index in [1.54, 1.807) is 18.4 Å². The Labute approximate surface area is 140 Å². The summed E-state index contributed by atoms with van der Waals surface area (Å²) in [5.41, 5.74) is 1.10. The Bertz CT molecular complexity index is 741. The van der Waals surface area contributed by atoms with Crippen LogP contribution < -0.4 is 0 Å². The summed E-state index contributed by atoms with van der Waals surface area (Å²) in [7, 11) is 1.73. The fourth-order valence-corrected chi connectivity index (χ4v) is 5.09. The summed E-state index contributed by atoms with van der Waals surface area (Å²) in [6.07, 6.45) is 2.05. The van der Waals surface area contributed by atoms with Gasteiger partial charge in [-0.25, -0.2) is 0 Å². The van der Waals surface area contributed by atoms with Crippen molar-refractivity contribution >= 4 is 27.3 Å². The van der Waals surface area contributed by atoms with E-state index in [4.69, 9.17) is 9.47 Å². The Morgan fingerprint density at radius 1 is 1.35 bits per heavy atom. The number of fused-ring (bicyclic) bond motifs is 2. The summed E-state index contributed by atoms with van der Waals surface area (Å²) >= 11 is 1.60. The van der Waals surface area contributed by atoms with Gasteiger partial charge in [0, 0.05) is 18.4 Å². The van der Waals surface area contributed by atoms with Gasteiger partial charge < -0.3 is 14.4 Å².